The van der Waals surface area contributed by atoms with Crippen molar-refractivity contribution in [2.45, 2.75) is 109 Å². The van der Waals surface area contributed by atoms with Gasteiger partial charge in [-0.2, -0.15) is 0 Å². The molecule has 1 aliphatic heterocycles. The normalized spacial score (nSPS) is 15.0. The van der Waals surface area contributed by atoms with E-state index in [1.807, 2.05) is 72.8 Å². The zero-order valence-electron chi connectivity index (χ0n) is 39.8. The van der Waals surface area contributed by atoms with E-state index in [1.54, 1.807) is 46.4 Å². The van der Waals surface area contributed by atoms with Gasteiger partial charge in [-0.3, -0.25) is 24.2 Å². The minimum absolute atomic E-state index is 0.0655. The molecule has 1 saturated heterocycles. The standard InChI is InChI=1S/C29H36N2O5.C24H27NO6/c1-29(2,3)36-26(32)18-25(27(33)31-16-10-5-11-17-31)30(4)28(34)35-19-24-22-14-8-6-12-20(22)21-13-7-9-15-23(21)24;1-24(2,3)31-21(26)13-20(22(27)28)25(4)23(29)30-14-19-17-11-7-5-9-15(17)16-10-6-8-12-18(16)19/h6-9,12-15,24-25H,5,10-11,16-19H2,1-4H3;5-12,19-20H,13-14H2,1-4H3,(H,27,28)/t25-;20-/m00/s1. The van der Waals surface area contributed by atoms with E-state index in [4.69, 9.17) is 18.9 Å². The van der Waals surface area contributed by atoms with Crippen molar-refractivity contribution in [2.75, 3.05) is 40.4 Å². The Morgan fingerprint density at radius 1 is 0.552 bits per heavy atom. The summed E-state index contributed by atoms with van der Waals surface area (Å²) in [6.07, 6.45) is 0.788. The molecule has 0 saturated carbocycles. The zero-order chi connectivity index (χ0) is 48.6. The summed E-state index contributed by atoms with van der Waals surface area (Å²) < 4.78 is 21.9. The van der Waals surface area contributed by atoms with E-state index in [2.05, 4.69) is 24.3 Å². The first-order valence-corrected chi connectivity index (χ1v) is 22.8. The molecule has 2 aliphatic carbocycles. The minimum Gasteiger partial charge on any atom is -0.480 e. The Bertz CT molecular complexity index is 2360. The predicted octanol–water partition coefficient (Wildman–Crippen LogP) is 9.03. The number of carbonyl (C=O) groups excluding carboxylic acids is 5. The molecule has 3 amide bonds. The summed E-state index contributed by atoms with van der Waals surface area (Å²) in [4.78, 5) is 79.6. The first-order valence-electron chi connectivity index (χ1n) is 22.8. The lowest BCUT2D eigenvalue weighted by Gasteiger charge is -2.34. The van der Waals surface area contributed by atoms with Gasteiger partial charge in [0.05, 0.1) is 12.8 Å². The number of amides is 3. The van der Waals surface area contributed by atoms with Crippen molar-refractivity contribution in [1.82, 2.24) is 14.7 Å². The number of esters is 2. The van der Waals surface area contributed by atoms with Crippen LogP contribution in [0.15, 0.2) is 97.1 Å². The molecule has 0 radical (unpaired) electrons. The Morgan fingerprint density at radius 2 is 0.881 bits per heavy atom. The topological polar surface area (TPSA) is 169 Å². The third-order valence-corrected chi connectivity index (χ3v) is 12.0. The van der Waals surface area contributed by atoms with Gasteiger partial charge in [-0.05, 0) is 105 Å². The number of aliphatic carboxylic acids is 1. The minimum atomic E-state index is -1.38. The van der Waals surface area contributed by atoms with Crippen molar-refractivity contribution in [3.05, 3.63) is 119 Å². The Morgan fingerprint density at radius 3 is 1.22 bits per heavy atom. The second-order valence-corrected chi connectivity index (χ2v) is 19.2. The molecule has 0 bridgehead atoms. The maximum Gasteiger partial charge on any atom is 0.410 e. The number of likely N-dealkylation sites (tertiary alicyclic amines) is 1. The number of nitrogens with zero attached hydrogens (tertiary/aromatic N) is 3. The van der Waals surface area contributed by atoms with E-state index in [1.165, 1.54) is 19.0 Å². The second-order valence-electron chi connectivity index (χ2n) is 19.2. The Hall–Kier alpha value is -6.70. The van der Waals surface area contributed by atoms with Crippen molar-refractivity contribution < 1.29 is 52.8 Å². The number of likely N-dealkylation sites (N-methyl/N-ethyl adjacent to an activating group) is 2. The maximum atomic E-state index is 13.4. The molecule has 1 N–H and O–H groups in total. The molecule has 356 valence electrons. The number of fused-ring (bicyclic) bond motifs is 6. The van der Waals surface area contributed by atoms with Gasteiger partial charge >= 0.3 is 30.1 Å². The first kappa shape index (κ1) is 49.7. The van der Waals surface area contributed by atoms with E-state index < -0.39 is 59.8 Å². The summed E-state index contributed by atoms with van der Waals surface area (Å²) in [6, 6.07) is 29.8. The lowest BCUT2D eigenvalue weighted by Crippen LogP contribution is -2.52. The van der Waals surface area contributed by atoms with Crippen LogP contribution in [-0.2, 0) is 38.1 Å². The van der Waals surface area contributed by atoms with Gasteiger partial charge in [0, 0.05) is 39.0 Å². The average molecular weight is 918 g/mol. The maximum absolute atomic E-state index is 13.4. The molecular formula is C53H63N3O11. The van der Waals surface area contributed by atoms with Crippen LogP contribution in [0, 0.1) is 0 Å². The van der Waals surface area contributed by atoms with Gasteiger partial charge in [-0.1, -0.05) is 97.1 Å². The summed E-state index contributed by atoms with van der Waals surface area (Å²) in [6.45, 7) is 11.9. The molecule has 1 heterocycles. The fourth-order valence-electron chi connectivity index (χ4n) is 8.83. The quantitative estimate of drug-likeness (QED) is 0.106. The summed E-state index contributed by atoms with van der Waals surface area (Å²) >= 11 is 0. The van der Waals surface area contributed by atoms with Crippen LogP contribution in [0.3, 0.4) is 0 Å². The van der Waals surface area contributed by atoms with E-state index >= 15 is 0 Å². The summed E-state index contributed by atoms with van der Waals surface area (Å²) in [5, 5.41) is 9.52. The van der Waals surface area contributed by atoms with Crippen molar-refractivity contribution >= 4 is 36.0 Å². The van der Waals surface area contributed by atoms with Gasteiger partial charge in [0.25, 0.3) is 0 Å². The van der Waals surface area contributed by atoms with Crippen LogP contribution in [-0.4, -0.2) is 119 Å². The molecule has 3 aliphatic rings. The molecule has 14 nitrogen and oxygen atoms in total. The molecule has 7 rings (SSSR count). The van der Waals surface area contributed by atoms with Crippen LogP contribution < -0.4 is 0 Å². The Kier molecular flexibility index (Phi) is 15.8. The van der Waals surface area contributed by atoms with Gasteiger partial charge in [0.15, 0.2) is 0 Å². The molecule has 67 heavy (non-hydrogen) atoms. The number of hydrogen-bond donors (Lipinski definition) is 1. The molecule has 0 unspecified atom stereocenters. The summed E-state index contributed by atoms with van der Waals surface area (Å²) in [5.74, 6) is -2.98. The fourth-order valence-corrected chi connectivity index (χ4v) is 8.83. The van der Waals surface area contributed by atoms with Crippen LogP contribution in [0.1, 0.15) is 108 Å². The number of piperidine rings is 1. The van der Waals surface area contributed by atoms with Crippen molar-refractivity contribution in [1.29, 1.82) is 0 Å². The third kappa shape index (κ3) is 12.4. The first-order chi connectivity index (χ1) is 31.7. The number of benzene rings is 4. The van der Waals surface area contributed by atoms with Crippen molar-refractivity contribution in [3.8, 4) is 22.3 Å². The Labute approximate surface area is 393 Å². The van der Waals surface area contributed by atoms with Gasteiger partial charge in [0.2, 0.25) is 5.91 Å². The van der Waals surface area contributed by atoms with Gasteiger partial charge < -0.3 is 29.0 Å². The van der Waals surface area contributed by atoms with E-state index in [-0.39, 0.29) is 37.4 Å². The number of carboxylic acids is 1. The fraction of sp³-hybridized carbons (Fsp3) is 0.434. The molecule has 4 aromatic carbocycles. The number of hydrogen-bond acceptors (Lipinski definition) is 10. The lowest BCUT2D eigenvalue weighted by atomic mass is 9.98. The van der Waals surface area contributed by atoms with E-state index in [0.717, 1.165) is 68.7 Å². The highest BCUT2D eigenvalue weighted by atomic mass is 16.6. The highest BCUT2D eigenvalue weighted by Crippen LogP contribution is 2.46. The number of carboxylic acid groups (broad SMARTS) is 1. The van der Waals surface area contributed by atoms with Crippen LogP contribution in [0.2, 0.25) is 0 Å². The predicted molar refractivity (Wildman–Crippen MR) is 252 cm³/mol. The Balaban J connectivity index is 0.000000224. The molecule has 1 fully saturated rings. The van der Waals surface area contributed by atoms with Crippen LogP contribution in [0.25, 0.3) is 22.3 Å². The third-order valence-electron chi connectivity index (χ3n) is 12.0. The smallest absolute Gasteiger partial charge is 0.410 e. The lowest BCUT2D eigenvalue weighted by molar-refractivity contribution is -0.160. The highest BCUT2D eigenvalue weighted by molar-refractivity contribution is 5.90. The van der Waals surface area contributed by atoms with Crippen molar-refractivity contribution in [2.24, 2.45) is 0 Å². The number of carbonyl (C=O) groups is 6. The summed E-state index contributed by atoms with van der Waals surface area (Å²) in [7, 11) is 2.83. The molecular weight excluding hydrogens is 855 g/mol. The zero-order valence-corrected chi connectivity index (χ0v) is 39.8. The van der Waals surface area contributed by atoms with Crippen molar-refractivity contribution in [3.63, 3.8) is 0 Å². The summed E-state index contributed by atoms with van der Waals surface area (Å²) in [5.41, 5.74) is 7.40. The van der Waals surface area contributed by atoms with Crippen LogP contribution in [0.4, 0.5) is 9.59 Å². The molecule has 2 atom stereocenters. The average Bonchev–Trinajstić information content (AvgIpc) is 3.79. The molecule has 4 aromatic rings. The number of ether oxygens (including phenoxy) is 4. The SMILES string of the molecule is CN(C(=O)OCC1c2ccccc2-c2ccccc21)[C@@H](CC(=O)OC(C)(C)C)C(=O)N1CCCCC1.CN(C(=O)OCC1c2ccccc2-c2ccccc21)[C@@H](CC(=O)OC(C)(C)C)C(=O)O. The molecule has 0 aromatic heterocycles. The molecule has 14 heteroatoms. The van der Waals surface area contributed by atoms with E-state index in [0.29, 0.717) is 13.1 Å². The largest absolute Gasteiger partial charge is 0.480 e. The molecule has 0 spiro atoms. The highest BCUT2D eigenvalue weighted by Gasteiger charge is 2.38. The van der Waals surface area contributed by atoms with Gasteiger partial charge in [-0.15, -0.1) is 0 Å². The van der Waals surface area contributed by atoms with Gasteiger partial charge in [-0.25, -0.2) is 14.4 Å². The van der Waals surface area contributed by atoms with E-state index in [9.17, 15) is 33.9 Å². The number of rotatable bonds is 12. The van der Waals surface area contributed by atoms with Gasteiger partial charge in [0.1, 0.15) is 36.5 Å². The monoisotopic (exact) mass is 917 g/mol. The van der Waals surface area contributed by atoms with Crippen LogP contribution in [0.5, 0.6) is 0 Å². The van der Waals surface area contributed by atoms with Crippen LogP contribution >= 0.6 is 0 Å². The second kappa shape index (κ2) is 21.3.